The number of aryl methyl sites for hydroxylation is 1. The van der Waals surface area contributed by atoms with Crippen molar-refractivity contribution in [3.8, 4) is 11.5 Å². The zero-order valence-corrected chi connectivity index (χ0v) is 11.5. The molecule has 0 aromatic carbocycles. The fraction of sp³-hybridized carbons (Fsp3) is 0.385. The molecule has 0 amide bonds. The Balaban J connectivity index is 2.48. The zero-order valence-electron chi connectivity index (χ0n) is 11.5. The van der Waals surface area contributed by atoms with E-state index < -0.39 is 4.92 Å². The molecule has 2 rings (SSSR count). The average Bonchev–Trinajstić information content (AvgIpc) is 2.87. The number of imidazole rings is 1. The van der Waals surface area contributed by atoms with Gasteiger partial charge in [-0.05, 0) is 13.3 Å². The van der Waals surface area contributed by atoms with E-state index in [9.17, 15) is 10.1 Å². The summed E-state index contributed by atoms with van der Waals surface area (Å²) in [5, 5.41) is 14.0. The van der Waals surface area contributed by atoms with E-state index in [1.165, 1.54) is 12.1 Å². The summed E-state index contributed by atoms with van der Waals surface area (Å²) in [7, 11) is 0. The summed E-state index contributed by atoms with van der Waals surface area (Å²) in [6.07, 6.45) is 4.49. The lowest BCUT2D eigenvalue weighted by Crippen LogP contribution is -2.04. The smallest absolute Gasteiger partial charge is 0.275 e. The third-order valence-corrected chi connectivity index (χ3v) is 2.79. The molecule has 106 valence electrons. The summed E-state index contributed by atoms with van der Waals surface area (Å²) in [5.74, 6) is 1.14. The lowest BCUT2D eigenvalue weighted by atomic mass is 10.3. The van der Waals surface area contributed by atoms with Crippen molar-refractivity contribution in [2.75, 3.05) is 11.9 Å². The monoisotopic (exact) mass is 275 g/mol. The van der Waals surface area contributed by atoms with E-state index in [2.05, 4.69) is 22.2 Å². The molecule has 2 heterocycles. The minimum Gasteiger partial charge on any atom is -0.370 e. The molecule has 0 saturated heterocycles. The van der Waals surface area contributed by atoms with E-state index in [1.807, 2.05) is 17.7 Å². The van der Waals surface area contributed by atoms with Crippen LogP contribution in [0.4, 0.5) is 11.5 Å². The predicted octanol–water partition coefficient (Wildman–Crippen LogP) is 2.70. The minimum absolute atomic E-state index is 0.0111. The van der Waals surface area contributed by atoms with E-state index in [1.54, 1.807) is 6.20 Å². The maximum Gasteiger partial charge on any atom is 0.275 e. The molecule has 2 aromatic heterocycles. The Morgan fingerprint density at radius 1 is 1.40 bits per heavy atom. The zero-order chi connectivity index (χ0) is 14.5. The Kier molecular flexibility index (Phi) is 4.29. The van der Waals surface area contributed by atoms with Crippen molar-refractivity contribution in [1.82, 2.24) is 14.5 Å². The highest BCUT2D eigenvalue weighted by Gasteiger charge is 2.15. The number of nitrogens with zero attached hydrogens (tertiary/aromatic N) is 4. The lowest BCUT2D eigenvalue weighted by Gasteiger charge is -2.08. The second-order valence-electron chi connectivity index (χ2n) is 4.33. The van der Waals surface area contributed by atoms with Crippen LogP contribution in [-0.2, 0) is 6.54 Å². The maximum absolute atomic E-state index is 11.0. The quantitative estimate of drug-likeness (QED) is 0.647. The second kappa shape index (κ2) is 6.14. The molecule has 0 atom stereocenters. The van der Waals surface area contributed by atoms with Crippen LogP contribution in [0.2, 0.25) is 0 Å². The van der Waals surface area contributed by atoms with Crippen LogP contribution in [0, 0.1) is 10.1 Å². The first kappa shape index (κ1) is 14.0. The molecule has 20 heavy (non-hydrogen) atoms. The molecular weight excluding hydrogens is 258 g/mol. The molecule has 0 fully saturated rings. The standard InChI is InChI=1S/C13H17N5O2/c1-3-6-17-7-5-15-13(17)11-8-10(18(19)20)9-12(16-11)14-4-2/h5,7-9H,3-4,6H2,1-2H3,(H,14,16). The van der Waals surface area contributed by atoms with Crippen molar-refractivity contribution in [3.05, 3.63) is 34.6 Å². The van der Waals surface area contributed by atoms with Gasteiger partial charge in [0.05, 0.1) is 11.0 Å². The highest BCUT2D eigenvalue weighted by atomic mass is 16.6. The Labute approximate surface area is 116 Å². The number of anilines is 1. The van der Waals surface area contributed by atoms with E-state index in [4.69, 9.17) is 0 Å². The Morgan fingerprint density at radius 2 is 2.20 bits per heavy atom. The molecule has 0 aliphatic carbocycles. The molecule has 0 aliphatic heterocycles. The molecule has 0 unspecified atom stereocenters. The van der Waals surface area contributed by atoms with Crippen LogP contribution in [0.25, 0.3) is 11.5 Å². The molecule has 0 saturated carbocycles. The molecule has 1 N–H and O–H groups in total. The third-order valence-electron chi connectivity index (χ3n) is 2.79. The van der Waals surface area contributed by atoms with Crippen molar-refractivity contribution < 1.29 is 4.92 Å². The van der Waals surface area contributed by atoms with Gasteiger partial charge in [0.2, 0.25) is 0 Å². The number of nitro groups is 1. The molecule has 0 bridgehead atoms. The number of nitrogens with one attached hydrogen (secondary N) is 1. The number of rotatable bonds is 6. The minimum atomic E-state index is -0.418. The van der Waals surface area contributed by atoms with E-state index in [-0.39, 0.29) is 5.69 Å². The summed E-state index contributed by atoms with van der Waals surface area (Å²) >= 11 is 0. The number of hydrogen-bond acceptors (Lipinski definition) is 5. The van der Waals surface area contributed by atoms with Crippen molar-refractivity contribution in [3.63, 3.8) is 0 Å². The first-order chi connectivity index (χ1) is 9.65. The van der Waals surface area contributed by atoms with Crippen LogP contribution in [0.15, 0.2) is 24.5 Å². The van der Waals surface area contributed by atoms with Crippen LogP contribution in [-0.4, -0.2) is 26.0 Å². The van der Waals surface area contributed by atoms with Crippen molar-refractivity contribution in [1.29, 1.82) is 0 Å². The van der Waals surface area contributed by atoms with Gasteiger partial charge in [0, 0.05) is 31.5 Å². The molecule has 0 radical (unpaired) electrons. The fourth-order valence-electron chi connectivity index (χ4n) is 1.97. The van der Waals surface area contributed by atoms with Crippen molar-refractivity contribution in [2.24, 2.45) is 0 Å². The number of hydrogen-bond donors (Lipinski definition) is 1. The van der Waals surface area contributed by atoms with Gasteiger partial charge in [-0.3, -0.25) is 10.1 Å². The first-order valence-electron chi connectivity index (χ1n) is 6.57. The normalized spacial score (nSPS) is 10.5. The first-order valence-corrected chi connectivity index (χ1v) is 6.57. The summed E-state index contributed by atoms with van der Waals surface area (Å²) in [6.45, 7) is 5.43. The van der Waals surface area contributed by atoms with Crippen LogP contribution >= 0.6 is 0 Å². The summed E-state index contributed by atoms with van der Waals surface area (Å²) in [5.41, 5.74) is 0.519. The highest BCUT2D eigenvalue weighted by Crippen LogP contribution is 2.24. The van der Waals surface area contributed by atoms with Crippen LogP contribution in [0.3, 0.4) is 0 Å². The number of aromatic nitrogens is 3. The largest absolute Gasteiger partial charge is 0.370 e. The topological polar surface area (TPSA) is 85.9 Å². The second-order valence-corrected chi connectivity index (χ2v) is 4.33. The fourth-order valence-corrected chi connectivity index (χ4v) is 1.97. The third kappa shape index (κ3) is 2.93. The summed E-state index contributed by atoms with van der Waals surface area (Å²) in [4.78, 5) is 19.2. The van der Waals surface area contributed by atoms with E-state index in [0.717, 1.165) is 13.0 Å². The van der Waals surface area contributed by atoms with Gasteiger partial charge in [-0.25, -0.2) is 9.97 Å². The maximum atomic E-state index is 11.0. The van der Waals surface area contributed by atoms with Gasteiger partial charge in [-0.15, -0.1) is 0 Å². The van der Waals surface area contributed by atoms with Gasteiger partial charge in [0.1, 0.15) is 11.5 Å². The molecule has 0 aliphatic rings. The molecule has 2 aromatic rings. The Bertz CT molecular complexity index is 609. The van der Waals surface area contributed by atoms with Gasteiger partial charge in [0.25, 0.3) is 5.69 Å². The average molecular weight is 275 g/mol. The molecular formula is C13H17N5O2. The predicted molar refractivity (Wildman–Crippen MR) is 76.6 cm³/mol. The Hall–Kier alpha value is -2.44. The highest BCUT2D eigenvalue weighted by molar-refractivity contribution is 5.60. The number of pyridine rings is 1. The summed E-state index contributed by atoms with van der Waals surface area (Å²) < 4.78 is 1.95. The van der Waals surface area contributed by atoms with Crippen molar-refractivity contribution >= 4 is 11.5 Å². The van der Waals surface area contributed by atoms with E-state index >= 15 is 0 Å². The van der Waals surface area contributed by atoms with Gasteiger partial charge in [0.15, 0.2) is 5.82 Å². The van der Waals surface area contributed by atoms with Gasteiger partial charge >= 0.3 is 0 Å². The van der Waals surface area contributed by atoms with Crippen LogP contribution in [0.1, 0.15) is 20.3 Å². The SMILES string of the molecule is CCCn1ccnc1-c1cc([N+](=O)[O-])cc(NCC)n1. The lowest BCUT2D eigenvalue weighted by molar-refractivity contribution is -0.384. The van der Waals surface area contributed by atoms with Crippen molar-refractivity contribution in [2.45, 2.75) is 26.8 Å². The molecule has 7 heteroatoms. The van der Waals surface area contributed by atoms with Crippen LogP contribution in [0.5, 0.6) is 0 Å². The molecule has 7 nitrogen and oxygen atoms in total. The summed E-state index contributed by atoms with van der Waals surface area (Å²) in [6, 6.07) is 2.88. The van der Waals surface area contributed by atoms with Crippen LogP contribution < -0.4 is 5.32 Å². The Morgan fingerprint density at radius 3 is 2.85 bits per heavy atom. The molecule has 0 spiro atoms. The van der Waals surface area contributed by atoms with Gasteiger partial charge in [-0.1, -0.05) is 6.92 Å². The van der Waals surface area contributed by atoms with Gasteiger partial charge < -0.3 is 9.88 Å². The van der Waals surface area contributed by atoms with Gasteiger partial charge in [-0.2, -0.15) is 0 Å². The van der Waals surface area contributed by atoms with E-state index in [0.29, 0.717) is 23.9 Å².